The van der Waals surface area contributed by atoms with Crippen molar-refractivity contribution in [1.29, 1.82) is 0 Å². The molecule has 2 aliphatic carbocycles. The summed E-state index contributed by atoms with van der Waals surface area (Å²) in [6, 6.07) is 3.89. The second-order valence-electron chi connectivity index (χ2n) is 6.36. The number of carboxylic acids is 1. The van der Waals surface area contributed by atoms with Gasteiger partial charge in [0.15, 0.2) is 0 Å². The fourth-order valence-electron chi connectivity index (χ4n) is 3.27. The topological polar surface area (TPSA) is 46.5 Å². The summed E-state index contributed by atoms with van der Waals surface area (Å²) in [7, 11) is 0. The van der Waals surface area contributed by atoms with Crippen LogP contribution >= 0.6 is 0 Å². The molecule has 0 heterocycles. The third kappa shape index (κ3) is 2.19. The lowest BCUT2D eigenvalue weighted by Gasteiger charge is -2.40. The van der Waals surface area contributed by atoms with E-state index in [2.05, 4.69) is 6.92 Å². The van der Waals surface area contributed by atoms with Crippen LogP contribution in [0.5, 0.6) is 5.75 Å². The molecule has 0 unspecified atom stereocenters. The average molecular weight is 274 g/mol. The molecule has 0 spiro atoms. The molecule has 0 atom stereocenters. The highest BCUT2D eigenvalue weighted by Crippen LogP contribution is 2.51. The Balaban J connectivity index is 2.11. The normalized spacial score (nSPS) is 20.3. The fourth-order valence-corrected chi connectivity index (χ4v) is 3.27. The first-order valence-corrected chi connectivity index (χ1v) is 7.59. The van der Waals surface area contributed by atoms with Crippen molar-refractivity contribution in [2.45, 2.75) is 57.3 Å². The molecule has 0 saturated heterocycles. The predicted octanol–water partition coefficient (Wildman–Crippen LogP) is 4.10. The van der Waals surface area contributed by atoms with Gasteiger partial charge in [0.25, 0.3) is 0 Å². The van der Waals surface area contributed by atoms with E-state index in [9.17, 15) is 9.90 Å². The SMILES string of the molecule is CCOc1cc(C2(C)CCC2)c(C2CC2)cc1C(=O)O. The number of benzene rings is 1. The Morgan fingerprint density at radius 3 is 2.55 bits per heavy atom. The van der Waals surface area contributed by atoms with Gasteiger partial charge in [0, 0.05) is 0 Å². The van der Waals surface area contributed by atoms with Crippen molar-refractivity contribution in [1.82, 2.24) is 0 Å². The molecule has 0 aliphatic heterocycles. The Kier molecular flexibility index (Phi) is 3.23. The van der Waals surface area contributed by atoms with Gasteiger partial charge in [-0.2, -0.15) is 0 Å². The predicted molar refractivity (Wildman–Crippen MR) is 77.7 cm³/mol. The van der Waals surface area contributed by atoms with Gasteiger partial charge in [-0.3, -0.25) is 0 Å². The lowest BCUT2D eigenvalue weighted by atomic mass is 9.64. The summed E-state index contributed by atoms with van der Waals surface area (Å²) in [6.45, 7) is 4.69. The van der Waals surface area contributed by atoms with E-state index in [0.717, 1.165) is 0 Å². The summed E-state index contributed by atoms with van der Waals surface area (Å²) in [5.41, 5.74) is 3.13. The maximum Gasteiger partial charge on any atom is 0.339 e. The Morgan fingerprint density at radius 1 is 1.40 bits per heavy atom. The quantitative estimate of drug-likeness (QED) is 0.879. The van der Waals surface area contributed by atoms with E-state index in [4.69, 9.17) is 4.74 Å². The highest BCUT2D eigenvalue weighted by Gasteiger charge is 2.39. The second-order valence-corrected chi connectivity index (χ2v) is 6.36. The first-order chi connectivity index (χ1) is 9.55. The molecule has 0 amide bonds. The number of hydrogen-bond acceptors (Lipinski definition) is 2. The number of ether oxygens (including phenoxy) is 1. The molecule has 1 N–H and O–H groups in total. The van der Waals surface area contributed by atoms with Crippen molar-refractivity contribution in [3.63, 3.8) is 0 Å². The van der Waals surface area contributed by atoms with Gasteiger partial charge in [-0.25, -0.2) is 4.79 Å². The molecule has 2 aliphatic rings. The van der Waals surface area contributed by atoms with Crippen molar-refractivity contribution in [3.8, 4) is 5.75 Å². The number of rotatable bonds is 5. The van der Waals surface area contributed by atoms with E-state index in [1.165, 1.54) is 43.2 Å². The summed E-state index contributed by atoms with van der Waals surface area (Å²) >= 11 is 0. The van der Waals surface area contributed by atoms with Crippen LogP contribution in [0.4, 0.5) is 0 Å². The summed E-state index contributed by atoms with van der Waals surface area (Å²) in [5.74, 6) is 0.212. The number of aromatic carboxylic acids is 1. The summed E-state index contributed by atoms with van der Waals surface area (Å²) in [4.78, 5) is 11.5. The average Bonchev–Trinajstić information content (AvgIpc) is 3.20. The third-order valence-corrected chi connectivity index (χ3v) is 4.81. The van der Waals surface area contributed by atoms with E-state index >= 15 is 0 Å². The van der Waals surface area contributed by atoms with Crippen molar-refractivity contribution in [2.75, 3.05) is 6.61 Å². The van der Waals surface area contributed by atoms with E-state index in [1.54, 1.807) is 0 Å². The van der Waals surface area contributed by atoms with E-state index in [-0.39, 0.29) is 5.41 Å². The molecule has 3 nitrogen and oxygen atoms in total. The zero-order chi connectivity index (χ0) is 14.3. The Bertz CT molecular complexity index is 539. The second kappa shape index (κ2) is 4.80. The van der Waals surface area contributed by atoms with Gasteiger partial charge in [0.2, 0.25) is 0 Å². The molecule has 3 rings (SSSR count). The maximum atomic E-state index is 11.5. The number of hydrogen-bond donors (Lipinski definition) is 1. The van der Waals surface area contributed by atoms with Gasteiger partial charge in [0.05, 0.1) is 6.61 Å². The molecule has 3 heteroatoms. The molecule has 2 saturated carbocycles. The van der Waals surface area contributed by atoms with Gasteiger partial charge in [-0.1, -0.05) is 13.3 Å². The highest BCUT2D eigenvalue weighted by atomic mass is 16.5. The monoisotopic (exact) mass is 274 g/mol. The fraction of sp³-hybridized carbons (Fsp3) is 0.588. The minimum Gasteiger partial charge on any atom is -0.493 e. The largest absolute Gasteiger partial charge is 0.493 e. The van der Waals surface area contributed by atoms with E-state index in [0.29, 0.717) is 23.8 Å². The molecule has 1 aromatic rings. The third-order valence-electron chi connectivity index (χ3n) is 4.81. The molecule has 108 valence electrons. The molecular weight excluding hydrogens is 252 g/mol. The van der Waals surface area contributed by atoms with Crippen LogP contribution in [-0.2, 0) is 5.41 Å². The molecule has 0 bridgehead atoms. The van der Waals surface area contributed by atoms with Gasteiger partial charge < -0.3 is 9.84 Å². The van der Waals surface area contributed by atoms with Crippen molar-refractivity contribution in [2.24, 2.45) is 0 Å². The van der Waals surface area contributed by atoms with E-state index in [1.807, 2.05) is 19.1 Å². The first kappa shape index (κ1) is 13.5. The molecule has 2 fully saturated rings. The summed E-state index contributed by atoms with van der Waals surface area (Å²) in [5, 5.41) is 9.40. The zero-order valence-corrected chi connectivity index (χ0v) is 12.2. The van der Waals surface area contributed by atoms with Crippen LogP contribution in [0.15, 0.2) is 12.1 Å². The van der Waals surface area contributed by atoms with Crippen LogP contribution in [0.25, 0.3) is 0 Å². The molecule has 1 aromatic carbocycles. The summed E-state index contributed by atoms with van der Waals surface area (Å²) < 4.78 is 5.58. The summed E-state index contributed by atoms with van der Waals surface area (Å²) in [6.07, 6.45) is 6.05. The van der Waals surface area contributed by atoms with Crippen LogP contribution < -0.4 is 4.74 Å². The van der Waals surface area contributed by atoms with Crippen molar-refractivity contribution < 1.29 is 14.6 Å². The Hall–Kier alpha value is -1.51. The molecular formula is C17H22O3. The highest BCUT2D eigenvalue weighted by molar-refractivity contribution is 5.91. The van der Waals surface area contributed by atoms with Gasteiger partial charge in [-0.05, 0) is 67.2 Å². The molecule has 0 aromatic heterocycles. The lowest BCUT2D eigenvalue weighted by molar-refractivity contribution is 0.0692. The van der Waals surface area contributed by atoms with Gasteiger partial charge in [-0.15, -0.1) is 0 Å². The minimum atomic E-state index is -0.888. The van der Waals surface area contributed by atoms with Crippen molar-refractivity contribution in [3.05, 3.63) is 28.8 Å². The van der Waals surface area contributed by atoms with Crippen LogP contribution in [0, 0.1) is 0 Å². The number of carboxylic acid groups (broad SMARTS) is 1. The molecule has 20 heavy (non-hydrogen) atoms. The first-order valence-electron chi connectivity index (χ1n) is 7.59. The maximum absolute atomic E-state index is 11.5. The van der Waals surface area contributed by atoms with Crippen LogP contribution in [0.3, 0.4) is 0 Å². The lowest BCUT2D eigenvalue weighted by Crippen LogP contribution is -2.31. The smallest absolute Gasteiger partial charge is 0.339 e. The zero-order valence-electron chi connectivity index (χ0n) is 12.2. The van der Waals surface area contributed by atoms with Crippen molar-refractivity contribution >= 4 is 5.97 Å². The Morgan fingerprint density at radius 2 is 2.10 bits per heavy atom. The van der Waals surface area contributed by atoms with Gasteiger partial charge >= 0.3 is 5.97 Å². The standard InChI is InChI=1S/C17H22O3/c1-3-20-15-10-14(17(2)7-4-8-17)12(11-5-6-11)9-13(15)16(18)19/h9-11H,3-8H2,1-2H3,(H,18,19). The van der Waals surface area contributed by atoms with Crippen LogP contribution in [0.2, 0.25) is 0 Å². The molecule has 0 radical (unpaired) electrons. The number of carbonyl (C=O) groups is 1. The Labute approximate surface area is 120 Å². The minimum absolute atomic E-state index is 0.223. The van der Waals surface area contributed by atoms with Crippen LogP contribution in [0.1, 0.15) is 73.4 Å². The van der Waals surface area contributed by atoms with Gasteiger partial charge in [0.1, 0.15) is 11.3 Å². The van der Waals surface area contributed by atoms with E-state index < -0.39 is 5.97 Å². The van der Waals surface area contributed by atoms with Crippen LogP contribution in [-0.4, -0.2) is 17.7 Å².